The average Bonchev–Trinajstić information content (AvgIpc) is 3.34. The summed E-state index contributed by atoms with van der Waals surface area (Å²) in [6.07, 6.45) is 5.60. The summed E-state index contributed by atoms with van der Waals surface area (Å²) in [4.78, 5) is 67.0. The van der Waals surface area contributed by atoms with Crippen molar-refractivity contribution in [1.82, 2.24) is 34.7 Å². The number of ether oxygens (including phenoxy) is 2. The van der Waals surface area contributed by atoms with E-state index in [-0.39, 0.29) is 24.6 Å². The lowest BCUT2D eigenvalue weighted by atomic mass is 10.1. The molecule has 14 nitrogen and oxygen atoms in total. The molecule has 3 heterocycles. The van der Waals surface area contributed by atoms with E-state index >= 15 is 0 Å². The monoisotopic (exact) mass is 554 g/mol. The number of likely N-dealkylation sites (N-methyl/N-ethyl adjacent to an activating group) is 1. The van der Waals surface area contributed by atoms with Gasteiger partial charge in [-0.05, 0) is 37.0 Å². The number of allylic oxidation sites excluding steroid dienone is 1. The number of imidazole rings is 1. The van der Waals surface area contributed by atoms with Gasteiger partial charge in [-0.3, -0.25) is 14.4 Å². The summed E-state index contributed by atoms with van der Waals surface area (Å²) in [6.45, 7) is 4.57. The topological polar surface area (TPSA) is 173 Å². The van der Waals surface area contributed by atoms with Crippen molar-refractivity contribution in [3.8, 4) is 5.88 Å². The number of anilines is 1. The first-order valence-corrected chi connectivity index (χ1v) is 12.6. The number of H-pyrrole nitrogens is 1. The van der Waals surface area contributed by atoms with E-state index in [1.54, 1.807) is 32.4 Å². The van der Waals surface area contributed by atoms with Crippen LogP contribution in [-0.4, -0.2) is 81.2 Å². The number of aromatic nitrogens is 5. The minimum atomic E-state index is -1.02. The van der Waals surface area contributed by atoms with Gasteiger partial charge in [0.15, 0.2) is 11.2 Å². The van der Waals surface area contributed by atoms with Crippen molar-refractivity contribution in [3.05, 3.63) is 53.0 Å². The second-order valence-corrected chi connectivity index (χ2v) is 9.51. The standard InChI is InChI=1S/C26H34N8O6/c1-16(2)14-40-24-21-22(27-15-28-24)32-19(31-21)13-34-12-8-10-18(25(34)37)29-23(36)17(30-26(38)39-5)9-6-7-11-20(35)33(3)4/h7-8,10-12,15-17H,6,9,13-14H2,1-5H3,(H,29,36)(H,30,38)(H,27,28,31,32)/b11-7+/t17-/m0/s1. The Morgan fingerprint density at radius 2 is 2.00 bits per heavy atom. The maximum absolute atomic E-state index is 13.2. The van der Waals surface area contributed by atoms with Crippen molar-refractivity contribution in [1.29, 1.82) is 0 Å². The van der Waals surface area contributed by atoms with Crippen LogP contribution in [-0.2, 0) is 20.9 Å². The minimum absolute atomic E-state index is 0.0133. The molecule has 3 N–H and O–H groups in total. The first-order valence-electron chi connectivity index (χ1n) is 12.6. The molecule has 0 aliphatic rings. The van der Waals surface area contributed by atoms with Gasteiger partial charge in [-0.1, -0.05) is 19.9 Å². The highest BCUT2D eigenvalue weighted by atomic mass is 16.5. The molecule has 0 saturated heterocycles. The number of amides is 3. The van der Waals surface area contributed by atoms with Gasteiger partial charge in [0.05, 0.1) is 20.3 Å². The van der Waals surface area contributed by atoms with Crippen LogP contribution in [0.5, 0.6) is 5.88 Å². The zero-order chi connectivity index (χ0) is 29.2. The molecule has 1 atom stereocenters. The highest BCUT2D eigenvalue weighted by molar-refractivity contribution is 5.96. The van der Waals surface area contributed by atoms with Crippen LogP contribution in [0.3, 0.4) is 0 Å². The number of rotatable bonds is 12. The average molecular weight is 555 g/mol. The summed E-state index contributed by atoms with van der Waals surface area (Å²) in [5.41, 5.74) is 0.458. The molecule has 3 amide bonds. The van der Waals surface area contributed by atoms with Crippen LogP contribution in [0.15, 0.2) is 41.6 Å². The Morgan fingerprint density at radius 1 is 1.23 bits per heavy atom. The molecule has 40 heavy (non-hydrogen) atoms. The quantitative estimate of drug-likeness (QED) is 0.282. The highest BCUT2D eigenvalue weighted by Crippen LogP contribution is 2.20. The van der Waals surface area contributed by atoms with Crippen molar-refractivity contribution in [3.63, 3.8) is 0 Å². The highest BCUT2D eigenvalue weighted by Gasteiger charge is 2.22. The van der Waals surface area contributed by atoms with Crippen molar-refractivity contribution < 1.29 is 23.9 Å². The number of pyridine rings is 1. The number of carbonyl (C=O) groups excluding carboxylic acids is 3. The molecule has 14 heteroatoms. The van der Waals surface area contributed by atoms with E-state index in [4.69, 9.17) is 4.74 Å². The predicted octanol–water partition coefficient (Wildman–Crippen LogP) is 1.69. The number of aromatic amines is 1. The third-order valence-electron chi connectivity index (χ3n) is 5.57. The van der Waals surface area contributed by atoms with E-state index in [2.05, 4.69) is 35.3 Å². The Balaban J connectivity index is 1.74. The van der Waals surface area contributed by atoms with E-state index in [1.807, 2.05) is 13.8 Å². The lowest BCUT2D eigenvalue weighted by Gasteiger charge is -2.17. The third kappa shape index (κ3) is 8.12. The number of nitrogens with one attached hydrogen (secondary N) is 3. The number of alkyl carbamates (subject to hydrolysis) is 1. The number of nitrogens with zero attached hydrogens (tertiary/aromatic N) is 5. The van der Waals surface area contributed by atoms with Crippen molar-refractivity contribution in [2.24, 2.45) is 5.92 Å². The Kier molecular flexibility index (Phi) is 10.3. The van der Waals surface area contributed by atoms with Crippen LogP contribution in [0.25, 0.3) is 11.2 Å². The van der Waals surface area contributed by atoms with Crippen LogP contribution < -0.4 is 20.9 Å². The molecule has 0 bridgehead atoms. The number of hydrogen-bond acceptors (Lipinski definition) is 9. The van der Waals surface area contributed by atoms with Gasteiger partial charge in [-0.15, -0.1) is 0 Å². The summed E-state index contributed by atoms with van der Waals surface area (Å²) in [6, 6.07) is 2.05. The fourth-order valence-corrected chi connectivity index (χ4v) is 3.48. The fourth-order valence-electron chi connectivity index (χ4n) is 3.48. The predicted molar refractivity (Wildman–Crippen MR) is 147 cm³/mol. The van der Waals surface area contributed by atoms with E-state index in [1.165, 1.54) is 35.0 Å². The third-order valence-corrected chi connectivity index (χ3v) is 5.57. The van der Waals surface area contributed by atoms with Crippen LogP contribution in [0, 0.1) is 5.92 Å². The SMILES string of the molecule is COC(=O)N[C@@H](CC/C=C/C(=O)N(C)C)C(=O)Nc1cccn(Cc2nc3c(OCC(C)C)ncnc3[nH]2)c1=O. The molecule has 0 aromatic carbocycles. The number of hydrogen-bond donors (Lipinski definition) is 3. The van der Waals surface area contributed by atoms with Gasteiger partial charge >= 0.3 is 6.09 Å². The van der Waals surface area contributed by atoms with Crippen LogP contribution >= 0.6 is 0 Å². The molecule has 3 rings (SSSR count). The zero-order valence-corrected chi connectivity index (χ0v) is 23.1. The lowest BCUT2D eigenvalue weighted by molar-refractivity contribution is -0.123. The Hall–Kier alpha value is -4.75. The largest absolute Gasteiger partial charge is 0.476 e. The first kappa shape index (κ1) is 29.8. The molecule has 0 radical (unpaired) electrons. The summed E-state index contributed by atoms with van der Waals surface area (Å²) in [5, 5.41) is 5.04. The van der Waals surface area contributed by atoms with Crippen molar-refractivity contribution in [2.75, 3.05) is 33.1 Å². The van der Waals surface area contributed by atoms with Crippen LogP contribution in [0.1, 0.15) is 32.5 Å². The maximum Gasteiger partial charge on any atom is 0.407 e. The van der Waals surface area contributed by atoms with E-state index in [0.29, 0.717) is 41.8 Å². The number of fused-ring (bicyclic) bond motifs is 1. The minimum Gasteiger partial charge on any atom is -0.476 e. The molecule has 3 aromatic rings. The molecule has 0 aliphatic carbocycles. The summed E-state index contributed by atoms with van der Waals surface area (Å²) < 4.78 is 11.7. The van der Waals surface area contributed by atoms with Crippen LogP contribution in [0.2, 0.25) is 0 Å². The number of methoxy groups -OCH3 is 1. The number of carbonyl (C=O) groups is 3. The zero-order valence-electron chi connectivity index (χ0n) is 23.1. The van der Waals surface area contributed by atoms with E-state index in [0.717, 1.165) is 0 Å². The van der Waals surface area contributed by atoms with Gasteiger partial charge < -0.3 is 34.6 Å². The van der Waals surface area contributed by atoms with Gasteiger partial charge in [0.1, 0.15) is 23.9 Å². The molecule has 3 aromatic heterocycles. The molecule has 0 aliphatic heterocycles. The Bertz CT molecular complexity index is 1430. The van der Waals surface area contributed by atoms with Gasteiger partial charge in [-0.2, -0.15) is 4.98 Å². The van der Waals surface area contributed by atoms with Crippen molar-refractivity contribution in [2.45, 2.75) is 39.3 Å². The maximum atomic E-state index is 13.2. The second-order valence-electron chi connectivity index (χ2n) is 9.51. The van der Waals surface area contributed by atoms with Crippen LogP contribution in [0.4, 0.5) is 10.5 Å². The lowest BCUT2D eigenvalue weighted by Crippen LogP contribution is -2.44. The molecular weight excluding hydrogens is 520 g/mol. The van der Waals surface area contributed by atoms with Gasteiger partial charge in [0, 0.05) is 20.3 Å². The molecule has 214 valence electrons. The first-order chi connectivity index (χ1) is 19.1. The molecule has 0 spiro atoms. The normalized spacial score (nSPS) is 11.9. The molecule has 0 saturated carbocycles. The second kappa shape index (κ2) is 13.9. The molecule has 0 fully saturated rings. The Labute approximate surface area is 230 Å². The van der Waals surface area contributed by atoms with Crippen molar-refractivity contribution >= 4 is 34.8 Å². The molecule has 0 unspecified atom stereocenters. The van der Waals surface area contributed by atoms with Gasteiger partial charge in [0.25, 0.3) is 5.56 Å². The van der Waals surface area contributed by atoms with E-state index in [9.17, 15) is 19.2 Å². The van der Waals surface area contributed by atoms with E-state index < -0.39 is 23.6 Å². The summed E-state index contributed by atoms with van der Waals surface area (Å²) in [5.74, 6) is 0.270. The van der Waals surface area contributed by atoms with Gasteiger partial charge in [0.2, 0.25) is 17.7 Å². The molecular formula is C26H34N8O6. The smallest absolute Gasteiger partial charge is 0.407 e. The van der Waals surface area contributed by atoms with Gasteiger partial charge in [-0.25, -0.2) is 14.8 Å². The Morgan fingerprint density at radius 3 is 2.70 bits per heavy atom. The summed E-state index contributed by atoms with van der Waals surface area (Å²) in [7, 11) is 4.42. The summed E-state index contributed by atoms with van der Waals surface area (Å²) >= 11 is 0. The fraction of sp³-hybridized carbons (Fsp3) is 0.423.